The number of aromatic nitrogens is 1. The zero-order chi connectivity index (χ0) is 28.2. The zero-order valence-electron chi connectivity index (χ0n) is 23.3. The summed E-state index contributed by atoms with van der Waals surface area (Å²) in [6.45, 7) is 7.14. The van der Waals surface area contributed by atoms with Crippen molar-refractivity contribution in [3.05, 3.63) is 95.9 Å². The van der Waals surface area contributed by atoms with Gasteiger partial charge < -0.3 is 5.11 Å². The molecule has 1 N–H and O–H groups in total. The summed E-state index contributed by atoms with van der Waals surface area (Å²) in [7, 11) is 0. The number of hydrogen-bond donors (Lipinski definition) is 1. The van der Waals surface area contributed by atoms with E-state index in [1.165, 1.54) is 31.7 Å². The summed E-state index contributed by atoms with van der Waals surface area (Å²) in [5.74, 6) is 5.96. The van der Waals surface area contributed by atoms with E-state index in [4.69, 9.17) is 5.11 Å². The fourth-order valence-corrected chi connectivity index (χ4v) is 6.56. The minimum absolute atomic E-state index is 0. The van der Waals surface area contributed by atoms with Crippen molar-refractivity contribution in [1.82, 2.24) is 4.98 Å². The normalized spacial score (nSPS) is 11.6. The molecule has 4 aromatic rings. The summed E-state index contributed by atoms with van der Waals surface area (Å²) in [5.41, 5.74) is 3.04. The maximum Gasteiger partial charge on any atom is 0 e. The van der Waals surface area contributed by atoms with Crippen LogP contribution in [0.25, 0.3) is 33.2 Å². The van der Waals surface area contributed by atoms with Gasteiger partial charge in [-0.25, -0.2) is 0 Å². The SMILES string of the molecule is CC(=O)/C=C(/C)O.CC(C)c1cc(-c2cc(-c3cc[c]([Ge]([CH3])([CH3])[CH3])cc3F)c(F)cn2)[c-]c2ccccc12.[Ir]. The van der Waals surface area contributed by atoms with E-state index in [2.05, 4.69) is 54.3 Å². The Morgan fingerprint density at radius 1 is 0.974 bits per heavy atom. The molecule has 1 radical (unpaired) electrons. The van der Waals surface area contributed by atoms with Crippen LogP contribution in [0.15, 0.2) is 72.6 Å². The molecule has 0 saturated heterocycles. The fourth-order valence-electron chi connectivity index (χ4n) is 4.16. The van der Waals surface area contributed by atoms with Crippen LogP contribution in [-0.2, 0) is 24.9 Å². The van der Waals surface area contributed by atoms with E-state index in [-0.39, 0.29) is 48.6 Å². The molecule has 39 heavy (non-hydrogen) atoms. The van der Waals surface area contributed by atoms with Crippen LogP contribution < -0.4 is 4.40 Å². The van der Waals surface area contributed by atoms with E-state index in [1.807, 2.05) is 24.3 Å². The molecule has 0 unspecified atom stereocenters. The van der Waals surface area contributed by atoms with Crippen LogP contribution in [0.4, 0.5) is 8.78 Å². The first-order chi connectivity index (χ1) is 17.8. The van der Waals surface area contributed by atoms with Gasteiger partial charge in [-0.05, 0) is 13.8 Å². The zero-order valence-corrected chi connectivity index (χ0v) is 27.8. The molecule has 0 aliphatic rings. The van der Waals surface area contributed by atoms with Crippen molar-refractivity contribution in [2.75, 3.05) is 0 Å². The molecule has 0 aliphatic carbocycles. The number of pyridine rings is 1. The van der Waals surface area contributed by atoms with Crippen LogP contribution in [0.1, 0.15) is 39.2 Å². The number of aliphatic hydroxyl groups is 1. The molecule has 7 heteroatoms. The second kappa shape index (κ2) is 13.6. The van der Waals surface area contributed by atoms with Crippen LogP contribution in [0.5, 0.6) is 0 Å². The van der Waals surface area contributed by atoms with Crippen molar-refractivity contribution in [3.8, 4) is 22.4 Å². The van der Waals surface area contributed by atoms with Crippen LogP contribution in [0.3, 0.4) is 0 Å². The number of carbonyl (C=O) groups excluding carboxylic acids is 1. The third kappa shape index (κ3) is 8.41. The Balaban J connectivity index is 0.000000592. The minimum atomic E-state index is -2.18. The van der Waals surface area contributed by atoms with Gasteiger partial charge in [0.25, 0.3) is 0 Å². The summed E-state index contributed by atoms with van der Waals surface area (Å²) in [6, 6.07) is 20.4. The Hall–Kier alpha value is -2.67. The molecule has 1 heterocycles. The van der Waals surface area contributed by atoms with E-state index in [1.54, 1.807) is 18.2 Å². The molecule has 0 fully saturated rings. The largest absolute Gasteiger partial charge is 0 e. The number of ketones is 1. The molecular weight excluding hydrogens is 733 g/mol. The van der Waals surface area contributed by atoms with Crippen LogP contribution in [-0.4, -0.2) is 29.1 Å². The number of allylic oxidation sites excluding steroid dienone is 2. The number of fused-ring (bicyclic) bond motifs is 1. The molecule has 3 nitrogen and oxygen atoms in total. The quantitative estimate of drug-likeness (QED) is 0.0963. The van der Waals surface area contributed by atoms with E-state index >= 15 is 0 Å². The van der Waals surface area contributed by atoms with Crippen LogP contribution in [0.2, 0.25) is 17.3 Å². The van der Waals surface area contributed by atoms with Crippen molar-refractivity contribution < 1.29 is 38.8 Å². The number of nitrogens with zero attached hydrogens (tertiary/aromatic N) is 1. The van der Waals surface area contributed by atoms with Crippen molar-refractivity contribution in [1.29, 1.82) is 0 Å². The first-order valence-corrected chi connectivity index (χ1v) is 19.9. The molecule has 0 amide bonds. The third-order valence-electron chi connectivity index (χ3n) is 6.10. The van der Waals surface area contributed by atoms with Crippen LogP contribution in [0, 0.1) is 17.7 Å². The molecule has 4 rings (SSSR count). The molecule has 0 atom stereocenters. The summed E-state index contributed by atoms with van der Waals surface area (Å²) >= 11 is -2.18. The number of rotatable bonds is 5. The number of benzene rings is 3. The molecule has 0 bridgehead atoms. The predicted octanol–water partition coefficient (Wildman–Crippen LogP) is 8.35. The van der Waals surface area contributed by atoms with Crippen LogP contribution >= 0.6 is 0 Å². The molecule has 207 valence electrons. The monoisotopic (exact) mass is 769 g/mol. The molecule has 0 saturated carbocycles. The van der Waals surface area contributed by atoms with Crippen molar-refractivity contribution >= 4 is 34.2 Å². The fraction of sp³-hybridized carbons (Fsp3) is 0.250. The van der Waals surface area contributed by atoms with Gasteiger partial charge in [-0.3, -0.25) is 4.79 Å². The first kappa shape index (κ1) is 32.5. The Labute approximate surface area is 246 Å². The van der Waals surface area contributed by atoms with E-state index < -0.39 is 19.1 Å². The minimum Gasteiger partial charge on any atom is 0 e. The van der Waals surface area contributed by atoms with Gasteiger partial charge in [-0.2, -0.15) is 0 Å². The first-order valence-electron chi connectivity index (χ1n) is 12.6. The third-order valence-corrected chi connectivity index (χ3v) is 10.4. The summed E-state index contributed by atoms with van der Waals surface area (Å²) < 4.78 is 30.8. The van der Waals surface area contributed by atoms with Crippen molar-refractivity contribution in [2.45, 2.75) is 50.9 Å². The maximum absolute atomic E-state index is 15.0. The Kier molecular flexibility index (Phi) is 11.4. The van der Waals surface area contributed by atoms with E-state index in [0.717, 1.165) is 20.7 Å². The van der Waals surface area contributed by atoms with Gasteiger partial charge in [0.05, 0.1) is 5.76 Å². The summed E-state index contributed by atoms with van der Waals surface area (Å²) in [5, 5.41) is 10.5. The van der Waals surface area contributed by atoms with E-state index in [0.29, 0.717) is 11.6 Å². The van der Waals surface area contributed by atoms with Gasteiger partial charge in [0.15, 0.2) is 5.78 Å². The average molecular weight is 767 g/mol. The van der Waals surface area contributed by atoms with Gasteiger partial charge in [0.2, 0.25) is 0 Å². The molecule has 0 aliphatic heterocycles. The number of aliphatic hydroxyl groups excluding tert-OH is 1. The average Bonchev–Trinajstić information content (AvgIpc) is 2.82. The van der Waals surface area contributed by atoms with E-state index in [9.17, 15) is 13.6 Å². The van der Waals surface area contributed by atoms with Gasteiger partial charge in [-0.1, -0.05) is 6.07 Å². The van der Waals surface area contributed by atoms with Gasteiger partial charge in [-0.15, -0.1) is 0 Å². The summed E-state index contributed by atoms with van der Waals surface area (Å²) in [4.78, 5) is 14.3. The maximum atomic E-state index is 15.0. The smallest absolute Gasteiger partial charge is 0 e. The topological polar surface area (TPSA) is 50.2 Å². The van der Waals surface area contributed by atoms with Crippen molar-refractivity contribution in [3.63, 3.8) is 0 Å². The summed E-state index contributed by atoms with van der Waals surface area (Å²) in [6.07, 6.45) is 2.34. The second-order valence-corrected chi connectivity index (χ2v) is 21.4. The number of hydrogen-bond acceptors (Lipinski definition) is 3. The standard InChI is InChI=1S/C27H26F2GeN.C5H8O2.Ir/c1-17(2)23-13-19(12-18-8-6-7-9-21(18)23)27-15-24(26(29)16-31-27)22-11-10-20(14-25(22)28)30(3,4)5;1-4(6)3-5(2)7;/h6-11,13-17H,1-5H3;3,6H,1-2H3;/q-1;;/b;4-3-;. The Morgan fingerprint density at radius 2 is 1.64 bits per heavy atom. The Bertz CT molecular complexity index is 1510. The van der Waals surface area contributed by atoms with Crippen molar-refractivity contribution in [2.24, 2.45) is 0 Å². The number of halogens is 2. The van der Waals surface area contributed by atoms with Gasteiger partial charge in [0, 0.05) is 26.2 Å². The number of carbonyl (C=O) groups is 1. The molecule has 0 spiro atoms. The molecule has 1 aromatic heterocycles. The second-order valence-electron chi connectivity index (χ2n) is 10.7. The predicted molar refractivity (Wildman–Crippen MR) is 156 cm³/mol. The van der Waals surface area contributed by atoms with Gasteiger partial charge in [0.1, 0.15) is 0 Å². The molecule has 3 aromatic carbocycles. The Morgan fingerprint density at radius 3 is 2.18 bits per heavy atom. The van der Waals surface area contributed by atoms with Gasteiger partial charge >= 0.3 is 180 Å². The molecular formula is C32H34F2GeIrNO2-.